The van der Waals surface area contributed by atoms with Gasteiger partial charge in [-0.05, 0) is 65.9 Å². The van der Waals surface area contributed by atoms with E-state index in [9.17, 15) is 4.79 Å². The van der Waals surface area contributed by atoms with Gasteiger partial charge in [0.25, 0.3) is 0 Å². The lowest BCUT2D eigenvalue weighted by Crippen LogP contribution is -2.45. The third-order valence-corrected chi connectivity index (χ3v) is 6.43. The molecule has 0 spiro atoms. The van der Waals surface area contributed by atoms with E-state index >= 15 is 0 Å². The number of aromatic nitrogens is 1. The monoisotopic (exact) mass is 518 g/mol. The van der Waals surface area contributed by atoms with Crippen molar-refractivity contribution in [2.24, 2.45) is 0 Å². The zero-order valence-electron chi connectivity index (χ0n) is 27.9. The molecule has 0 bridgehead atoms. The number of rotatable bonds is 6. The van der Waals surface area contributed by atoms with Gasteiger partial charge in [-0.3, -0.25) is 9.78 Å². The van der Waals surface area contributed by atoms with Crippen LogP contribution in [0.3, 0.4) is 0 Å². The van der Waals surface area contributed by atoms with Crippen molar-refractivity contribution in [1.82, 2.24) is 4.98 Å². The van der Waals surface area contributed by atoms with Crippen LogP contribution in [0.15, 0.2) is 54.6 Å². The number of aryl methyl sites for hydroxylation is 1. The Hall–Kier alpha value is -3.02. The van der Waals surface area contributed by atoms with E-state index in [0.29, 0.717) is 17.5 Å². The Morgan fingerprint density at radius 3 is 2.55 bits per heavy atom. The van der Waals surface area contributed by atoms with Crippen LogP contribution in [0.1, 0.15) is 89.8 Å². The van der Waals surface area contributed by atoms with Crippen molar-refractivity contribution in [3.63, 3.8) is 0 Å². The maximum Gasteiger partial charge on any atom is 0.308 e. The summed E-state index contributed by atoms with van der Waals surface area (Å²) in [6.07, 6.45) is -1.84. The summed E-state index contributed by atoms with van der Waals surface area (Å²) >= 11 is 0. The lowest BCUT2D eigenvalue weighted by Gasteiger charge is -2.39. The van der Waals surface area contributed by atoms with Crippen molar-refractivity contribution in [1.29, 1.82) is 0 Å². The second-order valence-corrected chi connectivity index (χ2v) is 11.4. The number of hydrogen-bond acceptors (Lipinski definition) is 5. The quantitative estimate of drug-likeness (QED) is 0.312. The van der Waals surface area contributed by atoms with Crippen molar-refractivity contribution in [2.75, 3.05) is 0 Å². The molecule has 1 saturated heterocycles. The fraction of sp³-hybridized carbons (Fsp3) is 0.455. The Labute approximate surface area is 233 Å². The third kappa shape index (κ3) is 6.33. The molecule has 200 valence electrons. The van der Waals surface area contributed by atoms with E-state index in [2.05, 4.69) is 0 Å². The highest BCUT2D eigenvalue weighted by Gasteiger charge is 2.36. The summed E-state index contributed by atoms with van der Waals surface area (Å²) in [5, 5.41) is 0.802. The van der Waals surface area contributed by atoms with E-state index in [4.69, 9.17) is 26.0 Å². The molecule has 2 atom stereocenters. The average molecular weight is 519 g/mol. The van der Waals surface area contributed by atoms with Crippen molar-refractivity contribution in [3.8, 4) is 11.1 Å². The van der Waals surface area contributed by atoms with Crippen molar-refractivity contribution in [2.45, 2.75) is 96.6 Å². The number of fused-ring (bicyclic) bond motifs is 1. The predicted molar refractivity (Wildman–Crippen MR) is 152 cm³/mol. The number of pyridine rings is 1. The highest BCUT2D eigenvalue weighted by Crippen LogP contribution is 2.45. The molecule has 1 aromatic heterocycles. The summed E-state index contributed by atoms with van der Waals surface area (Å²) in [7, 11) is 0. The fourth-order valence-corrected chi connectivity index (χ4v) is 4.92. The summed E-state index contributed by atoms with van der Waals surface area (Å²) in [6, 6.07) is 15.3. The van der Waals surface area contributed by atoms with E-state index in [1.54, 1.807) is 26.0 Å². The second-order valence-electron chi connectivity index (χ2n) is 11.4. The highest BCUT2D eigenvalue weighted by molar-refractivity contribution is 5.99. The number of ether oxygens (including phenoxy) is 3. The average Bonchev–Trinajstić information content (AvgIpc) is 3.21. The number of carbonyl (C=O) groups is 1. The van der Waals surface area contributed by atoms with Crippen LogP contribution in [-0.2, 0) is 19.0 Å². The largest absolute Gasteiger partial charge is 0.460 e. The lowest BCUT2D eigenvalue weighted by atomic mass is 9.91. The minimum absolute atomic E-state index is 0.0321. The van der Waals surface area contributed by atoms with Gasteiger partial charge in [-0.2, -0.15) is 0 Å². The van der Waals surface area contributed by atoms with Crippen LogP contribution in [0, 0.1) is 6.92 Å². The molecular weight excluding hydrogens is 474 g/mol. The highest BCUT2D eigenvalue weighted by atomic mass is 16.7. The van der Waals surface area contributed by atoms with Gasteiger partial charge < -0.3 is 14.2 Å². The summed E-state index contributed by atoms with van der Waals surface area (Å²) in [5.74, 6) is -3.58. The van der Waals surface area contributed by atoms with Gasteiger partial charge in [-0.15, -0.1) is 0 Å². The van der Waals surface area contributed by atoms with Gasteiger partial charge in [0.05, 0.1) is 29.8 Å². The molecular formula is C33H39NO4. The molecule has 0 unspecified atom stereocenters. The predicted octanol–water partition coefficient (Wildman–Crippen LogP) is 7.74. The molecule has 3 aromatic rings. The van der Waals surface area contributed by atoms with Crippen molar-refractivity contribution in [3.05, 3.63) is 71.4 Å². The van der Waals surface area contributed by atoms with Gasteiger partial charge in [-0.25, -0.2) is 0 Å². The van der Waals surface area contributed by atoms with Crippen LogP contribution in [-0.4, -0.2) is 34.5 Å². The molecule has 1 aliphatic heterocycles. The minimum Gasteiger partial charge on any atom is -0.460 e. The number of carbonyl (C=O) groups excluding carboxylic acids is 1. The number of benzene rings is 2. The Kier molecular flexibility index (Phi) is 5.65. The molecule has 5 heteroatoms. The number of esters is 1. The SMILES string of the molecule is [2H]C1([2H])C([2H])([2H])C1([2H])c1nc2ccccc2c(-c2ccc(C)cc2)c1/C=C/[C@@H]1C[C@H](CC(=O)OC(C)(C)C)OC(C)(C)O1. The Morgan fingerprint density at radius 2 is 1.87 bits per heavy atom. The zero-order valence-corrected chi connectivity index (χ0v) is 22.9. The van der Waals surface area contributed by atoms with Crippen LogP contribution < -0.4 is 0 Å². The molecule has 2 heterocycles. The molecule has 2 aromatic carbocycles. The van der Waals surface area contributed by atoms with E-state index in [0.717, 1.165) is 22.1 Å². The Morgan fingerprint density at radius 1 is 1.16 bits per heavy atom. The van der Waals surface area contributed by atoms with Crippen molar-refractivity contribution < 1.29 is 25.9 Å². The topological polar surface area (TPSA) is 57.7 Å². The molecule has 0 amide bonds. The number of para-hydroxylation sites is 1. The van der Waals surface area contributed by atoms with E-state index in [-0.39, 0.29) is 18.1 Å². The summed E-state index contributed by atoms with van der Waals surface area (Å²) < 4.78 is 60.6. The summed E-state index contributed by atoms with van der Waals surface area (Å²) in [6.45, 7) is 11.0. The van der Waals surface area contributed by atoms with Crippen LogP contribution in [0.4, 0.5) is 0 Å². The first-order valence-corrected chi connectivity index (χ1v) is 13.1. The third-order valence-electron chi connectivity index (χ3n) is 6.43. The summed E-state index contributed by atoms with van der Waals surface area (Å²) in [5.41, 5.74) is 3.07. The van der Waals surface area contributed by atoms with E-state index < -0.39 is 42.2 Å². The lowest BCUT2D eigenvalue weighted by molar-refractivity contribution is -0.290. The van der Waals surface area contributed by atoms with Gasteiger partial charge in [0.2, 0.25) is 0 Å². The molecule has 5 nitrogen and oxygen atoms in total. The van der Waals surface area contributed by atoms with Crippen LogP contribution >= 0.6 is 0 Å². The molecule has 2 aliphatic rings. The van der Waals surface area contributed by atoms with E-state index in [1.807, 2.05) is 76.2 Å². The molecule has 38 heavy (non-hydrogen) atoms. The van der Waals surface area contributed by atoms with Crippen LogP contribution in [0.25, 0.3) is 28.1 Å². The van der Waals surface area contributed by atoms with Gasteiger partial charge >= 0.3 is 5.97 Å². The molecule has 1 saturated carbocycles. The zero-order chi connectivity index (χ0) is 31.6. The van der Waals surface area contributed by atoms with Gasteiger partial charge in [0, 0.05) is 35.7 Å². The van der Waals surface area contributed by atoms with Gasteiger partial charge in [0.15, 0.2) is 5.79 Å². The van der Waals surface area contributed by atoms with E-state index in [1.165, 1.54) is 0 Å². The van der Waals surface area contributed by atoms with Crippen molar-refractivity contribution >= 4 is 22.9 Å². The Bertz CT molecular complexity index is 1560. The van der Waals surface area contributed by atoms with Gasteiger partial charge in [0.1, 0.15) is 5.60 Å². The first-order valence-electron chi connectivity index (χ1n) is 15.6. The second kappa shape index (κ2) is 10.3. The normalized spacial score (nSPS) is 27.1. The standard InChI is InChI=1S/C33H39NO4/c1-21-11-13-22(14-12-21)30-26-9-7-8-10-28(26)34-31(23-15-16-23)27(30)18-17-24-19-25(37-33(5,6)36-24)20-29(35)38-32(2,3)4/h7-14,17-18,23-25H,15-16,19-20H2,1-6H3/b18-17+/t24-,25-/m1/s1/i15D2,16D2,23D. The molecule has 1 aliphatic carbocycles. The number of nitrogens with zero attached hydrogens (tertiary/aromatic N) is 1. The summed E-state index contributed by atoms with van der Waals surface area (Å²) in [4.78, 5) is 17.3. The van der Waals surface area contributed by atoms with Crippen LogP contribution in [0.5, 0.6) is 0 Å². The molecule has 5 rings (SSSR count). The maximum atomic E-state index is 12.6. The minimum atomic E-state index is -2.45. The molecule has 2 fully saturated rings. The Balaban J connectivity index is 1.62. The molecule has 0 N–H and O–H groups in total. The maximum absolute atomic E-state index is 12.6. The molecule has 0 radical (unpaired) electrons. The number of hydrogen-bond donors (Lipinski definition) is 0. The first kappa shape index (κ1) is 20.9. The smallest absolute Gasteiger partial charge is 0.308 e. The first-order chi connectivity index (χ1) is 19.9. The van der Waals surface area contributed by atoms with Gasteiger partial charge in [-0.1, -0.05) is 60.2 Å². The fourth-order valence-electron chi connectivity index (χ4n) is 4.92. The van der Waals surface area contributed by atoms with Crippen LogP contribution in [0.2, 0.25) is 0 Å².